The highest BCUT2D eigenvalue weighted by molar-refractivity contribution is 6.74. The normalized spacial score (nSPS) is 21.0. The Labute approximate surface area is 136 Å². The first kappa shape index (κ1) is 17.2. The lowest BCUT2D eigenvalue weighted by Crippen LogP contribution is -2.41. The maximum atomic E-state index is 6.32. The molecule has 0 saturated heterocycles. The number of benzene rings is 1. The van der Waals surface area contributed by atoms with E-state index in [2.05, 4.69) is 63.2 Å². The van der Waals surface area contributed by atoms with Crippen molar-refractivity contribution in [1.82, 2.24) is 0 Å². The van der Waals surface area contributed by atoms with Gasteiger partial charge in [-0.05, 0) is 43.0 Å². The van der Waals surface area contributed by atoms with E-state index in [4.69, 9.17) is 10.3 Å². The highest BCUT2D eigenvalue weighted by Crippen LogP contribution is 2.37. The van der Waals surface area contributed by atoms with Crippen molar-refractivity contribution >= 4 is 14.0 Å². The molecule has 0 spiro atoms. The highest BCUT2D eigenvalue weighted by atomic mass is 28.4. The summed E-state index contributed by atoms with van der Waals surface area (Å²) in [6, 6.07) is 8.48. The largest absolute Gasteiger partial charge is 0.417 e. The fourth-order valence-electron chi connectivity index (χ4n) is 2.80. The number of nitrogens with zero attached hydrogens (tertiary/aromatic N) is 1. The summed E-state index contributed by atoms with van der Waals surface area (Å²) < 4.78 is 6.32. The van der Waals surface area contributed by atoms with E-state index in [9.17, 15) is 0 Å². The molecule has 1 aromatic carbocycles. The minimum atomic E-state index is -1.66. The van der Waals surface area contributed by atoms with Crippen LogP contribution in [0, 0.1) is 5.92 Å². The van der Waals surface area contributed by atoms with Gasteiger partial charge in [-0.3, -0.25) is 0 Å². The summed E-state index contributed by atoms with van der Waals surface area (Å²) in [7, 11) is -1.66. The van der Waals surface area contributed by atoms with Crippen molar-refractivity contribution in [3.8, 4) is 0 Å². The Kier molecular flexibility index (Phi) is 5.13. The summed E-state index contributed by atoms with van der Waals surface area (Å²) in [5, 5.41) is 4.37. The molecule has 0 bridgehead atoms. The average Bonchev–Trinajstić information content (AvgIpc) is 2.45. The second-order valence-corrected chi connectivity index (χ2v) is 12.6. The predicted octanol–water partition coefficient (Wildman–Crippen LogP) is 4.32. The molecule has 0 radical (unpaired) electrons. The van der Waals surface area contributed by atoms with Gasteiger partial charge in [0.2, 0.25) is 0 Å². The molecule has 0 amide bonds. The topological polar surface area (TPSA) is 47.6 Å². The van der Waals surface area contributed by atoms with Gasteiger partial charge in [-0.25, -0.2) is 0 Å². The molecule has 1 unspecified atom stereocenters. The van der Waals surface area contributed by atoms with E-state index in [0.29, 0.717) is 5.92 Å². The van der Waals surface area contributed by atoms with E-state index in [1.54, 1.807) is 0 Å². The summed E-state index contributed by atoms with van der Waals surface area (Å²) in [5.74, 6) is 6.11. The third-order valence-electron chi connectivity index (χ3n) is 5.32. The number of aryl methyl sites for hydroxylation is 1. The van der Waals surface area contributed by atoms with Crippen LogP contribution in [-0.2, 0) is 10.8 Å². The van der Waals surface area contributed by atoms with Crippen LogP contribution in [0.5, 0.6) is 0 Å². The monoisotopic (exact) mass is 318 g/mol. The van der Waals surface area contributed by atoms with Crippen LogP contribution in [-0.4, -0.2) is 20.6 Å². The van der Waals surface area contributed by atoms with Crippen molar-refractivity contribution in [3.05, 3.63) is 35.4 Å². The van der Waals surface area contributed by atoms with E-state index in [-0.39, 0.29) is 5.04 Å². The van der Waals surface area contributed by atoms with Crippen LogP contribution in [0.15, 0.2) is 29.4 Å². The molecule has 1 aliphatic carbocycles. The van der Waals surface area contributed by atoms with Gasteiger partial charge in [0.05, 0.1) is 5.71 Å². The van der Waals surface area contributed by atoms with Gasteiger partial charge >= 0.3 is 0 Å². The molecule has 22 heavy (non-hydrogen) atoms. The smallest absolute Gasteiger partial charge is 0.191 e. The number of hydrogen-bond donors (Lipinski definition) is 1. The van der Waals surface area contributed by atoms with Gasteiger partial charge in [-0.2, -0.15) is 5.10 Å². The fourth-order valence-corrected chi connectivity index (χ4v) is 3.86. The summed E-state index contributed by atoms with van der Waals surface area (Å²) in [6.45, 7) is 12.3. The summed E-state index contributed by atoms with van der Waals surface area (Å²) in [5.41, 5.74) is 3.66. The van der Waals surface area contributed by atoms with Gasteiger partial charge in [-0.1, -0.05) is 45.0 Å². The van der Waals surface area contributed by atoms with Crippen molar-refractivity contribution in [2.75, 3.05) is 6.61 Å². The molecule has 1 aliphatic rings. The van der Waals surface area contributed by atoms with E-state index < -0.39 is 8.32 Å². The third-order valence-corrected chi connectivity index (χ3v) is 9.85. The Morgan fingerprint density at radius 1 is 1.27 bits per heavy atom. The summed E-state index contributed by atoms with van der Waals surface area (Å²) in [4.78, 5) is 0. The quantitative estimate of drug-likeness (QED) is 0.510. The van der Waals surface area contributed by atoms with Gasteiger partial charge < -0.3 is 10.3 Å². The number of hydrogen-bond acceptors (Lipinski definition) is 3. The summed E-state index contributed by atoms with van der Waals surface area (Å²) >= 11 is 0. The van der Waals surface area contributed by atoms with Crippen molar-refractivity contribution in [2.24, 2.45) is 16.9 Å². The van der Waals surface area contributed by atoms with Crippen molar-refractivity contribution in [2.45, 2.75) is 58.2 Å². The van der Waals surface area contributed by atoms with Crippen LogP contribution >= 0.6 is 0 Å². The number of fused-ring (bicyclic) bond motifs is 1. The van der Waals surface area contributed by atoms with Gasteiger partial charge in [0.25, 0.3) is 0 Å². The molecule has 2 rings (SSSR count). The molecule has 0 aliphatic heterocycles. The van der Waals surface area contributed by atoms with Crippen molar-refractivity contribution in [3.63, 3.8) is 0 Å². The number of rotatable bonds is 4. The maximum absolute atomic E-state index is 6.32. The SMILES string of the molecule is CC(C)(C)[Si](C)(C)OCCC1CCc2ccccc2C1=NN. The fraction of sp³-hybridized carbons (Fsp3) is 0.611. The Morgan fingerprint density at radius 3 is 2.59 bits per heavy atom. The zero-order valence-electron chi connectivity index (χ0n) is 14.6. The Bertz CT molecular complexity index is 546. The lowest BCUT2D eigenvalue weighted by Gasteiger charge is -2.37. The van der Waals surface area contributed by atoms with E-state index >= 15 is 0 Å². The molecule has 0 heterocycles. The average molecular weight is 319 g/mol. The predicted molar refractivity (Wildman–Crippen MR) is 96.7 cm³/mol. The standard InChI is InChI=1S/C18H30N2OSi/c1-18(2,3)22(4,5)21-13-12-15-11-10-14-8-6-7-9-16(14)17(15)20-19/h6-9,15H,10-13,19H2,1-5H3. The molecular formula is C18H30N2OSi. The van der Waals surface area contributed by atoms with Crippen LogP contribution in [0.1, 0.15) is 44.7 Å². The lowest BCUT2D eigenvalue weighted by molar-refractivity contribution is 0.267. The molecule has 0 saturated carbocycles. The van der Waals surface area contributed by atoms with Gasteiger partial charge in [-0.15, -0.1) is 0 Å². The summed E-state index contributed by atoms with van der Waals surface area (Å²) in [6.07, 6.45) is 3.24. The first-order chi connectivity index (χ1) is 10.3. The maximum Gasteiger partial charge on any atom is 0.191 e. The molecular weight excluding hydrogens is 288 g/mol. The van der Waals surface area contributed by atoms with E-state index in [0.717, 1.165) is 31.6 Å². The number of hydrazone groups is 1. The first-order valence-corrected chi connectivity index (χ1v) is 11.2. The van der Waals surface area contributed by atoms with E-state index in [1.807, 2.05) is 0 Å². The minimum Gasteiger partial charge on any atom is -0.417 e. The van der Waals surface area contributed by atoms with Crippen LogP contribution in [0.4, 0.5) is 0 Å². The van der Waals surface area contributed by atoms with Crippen molar-refractivity contribution in [1.29, 1.82) is 0 Å². The zero-order chi connectivity index (χ0) is 16.4. The minimum absolute atomic E-state index is 0.261. The molecule has 0 aromatic heterocycles. The first-order valence-electron chi connectivity index (χ1n) is 8.26. The molecule has 122 valence electrons. The molecule has 1 aromatic rings. The van der Waals surface area contributed by atoms with Crippen LogP contribution in [0.3, 0.4) is 0 Å². The Morgan fingerprint density at radius 2 is 1.95 bits per heavy atom. The second kappa shape index (κ2) is 6.55. The van der Waals surface area contributed by atoms with Gasteiger partial charge in [0.1, 0.15) is 0 Å². The van der Waals surface area contributed by atoms with Crippen molar-refractivity contribution < 1.29 is 4.43 Å². The van der Waals surface area contributed by atoms with Crippen LogP contribution < -0.4 is 5.84 Å². The van der Waals surface area contributed by atoms with Crippen LogP contribution in [0.25, 0.3) is 0 Å². The molecule has 4 heteroatoms. The molecule has 0 fully saturated rings. The highest BCUT2D eigenvalue weighted by Gasteiger charge is 2.37. The number of nitrogens with two attached hydrogens (primary N) is 1. The van der Waals surface area contributed by atoms with Gasteiger partial charge in [0, 0.05) is 18.1 Å². The van der Waals surface area contributed by atoms with E-state index in [1.165, 1.54) is 11.1 Å². The molecule has 1 atom stereocenters. The molecule has 3 nitrogen and oxygen atoms in total. The van der Waals surface area contributed by atoms with Crippen LogP contribution in [0.2, 0.25) is 18.1 Å². The Hall–Kier alpha value is -1.13. The zero-order valence-corrected chi connectivity index (χ0v) is 15.6. The van der Waals surface area contributed by atoms with Gasteiger partial charge in [0.15, 0.2) is 8.32 Å². The lowest BCUT2D eigenvalue weighted by atomic mass is 9.81. The molecule has 2 N–H and O–H groups in total. The Balaban J connectivity index is 2.00. The second-order valence-electron chi connectivity index (χ2n) is 7.80. The third kappa shape index (κ3) is 3.61.